The first-order chi connectivity index (χ1) is 16.4. The van der Waals surface area contributed by atoms with Crippen LogP contribution >= 0.6 is 11.8 Å². The highest BCUT2D eigenvalue weighted by Gasteiger charge is 2.35. The summed E-state index contributed by atoms with van der Waals surface area (Å²) < 4.78 is 5.41. The molecule has 3 N–H and O–H groups in total. The van der Waals surface area contributed by atoms with Crippen LogP contribution in [0.2, 0.25) is 0 Å². The molecule has 8 nitrogen and oxygen atoms in total. The molecule has 3 aromatic rings. The van der Waals surface area contributed by atoms with Gasteiger partial charge in [0.2, 0.25) is 0 Å². The van der Waals surface area contributed by atoms with E-state index in [1.165, 1.54) is 24.3 Å². The molecule has 1 saturated heterocycles. The Balaban J connectivity index is 1.36. The van der Waals surface area contributed by atoms with Crippen LogP contribution in [0.15, 0.2) is 77.7 Å². The van der Waals surface area contributed by atoms with Crippen LogP contribution in [0.3, 0.4) is 0 Å². The molecular formula is C25H20N2O6S. The first-order valence-electron chi connectivity index (χ1n) is 10.2. The van der Waals surface area contributed by atoms with Gasteiger partial charge in [0.05, 0.1) is 11.4 Å². The summed E-state index contributed by atoms with van der Waals surface area (Å²) in [5.41, 5.74) is 1.49. The van der Waals surface area contributed by atoms with Crippen molar-refractivity contribution in [2.24, 2.45) is 0 Å². The molecule has 9 heteroatoms. The number of carbonyl (C=O) groups is 3. The normalized spacial score (nSPS) is 14.5. The van der Waals surface area contributed by atoms with Gasteiger partial charge in [-0.15, -0.1) is 0 Å². The van der Waals surface area contributed by atoms with Gasteiger partial charge in [-0.25, -0.2) is 0 Å². The second-order valence-electron chi connectivity index (χ2n) is 7.33. The molecule has 0 saturated carbocycles. The van der Waals surface area contributed by atoms with Crippen molar-refractivity contribution in [1.29, 1.82) is 0 Å². The number of para-hydroxylation sites is 2. The molecule has 0 bridgehead atoms. The van der Waals surface area contributed by atoms with E-state index >= 15 is 0 Å². The van der Waals surface area contributed by atoms with E-state index in [0.29, 0.717) is 17.0 Å². The molecule has 3 amide bonds. The molecule has 1 aliphatic rings. The number of nitrogens with one attached hydrogen (secondary N) is 1. The average Bonchev–Trinajstić information content (AvgIpc) is 3.10. The number of aromatic hydroxyl groups is 2. The molecule has 1 aliphatic heterocycles. The van der Waals surface area contributed by atoms with Gasteiger partial charge in [0.1, 0.15) is 5.75 Å². The van der Waals surface area contributed by atoms with E-state index < -0.39 is 11.1 Å². The number of benzene rings is 3. The average molecular weight is 477 g/mol. The minimum absolute atomic E-state index is 0.0549. The molecule has 0 aromatic heterocycles. The number of rotatable bonds is 7. The minimum atomic E-state index is -0.492. The Hall–Kier alpha value is -4.24. The predicted molar refractivity (Wildman–Crippen MR) is 128 cm³/mol. The van der Waals surface area contributed by atoms with Crippen molar-refractivity contribution in [2.45, 2.75) is 6.54 Å². The highest BCUT2D eigenvalue weighted by atomic mass is 32.2. The fourth-order valence-corrected chi connectivity index (χ4v) is 4.01. The number of carbonyl (C=O) groups excluding carboxylic acids is 3. The highest BCUT2D eigenvalue weighted by molar-refractivity contribution is 8.18. The molecular weight excluding hydrogens is 456 g/mol. The molecule has 0 unspecified atom stereocenters. The third-order valence-electron chi connectivity index (χ3n) is 4.90. The number of phenols is 2. The Kier molecular flexibility index (Phi) is 6.84. The van der Waals surface area contributed by atoms with Gasteiger partial charge in [-0.1, -0.05) is 42.5 Å². The molecule has 1 heterocycles. The first-order valence-corrected chi connectivity index (χ1v) is 11.1. The van der Waals surface area contributed by atoms with Gasteiger partial charge in [0.25, 0.3) is 17.1 Å². The smallest absolute Gasteiger partial charge is 0.293 e. The molecule has 3 aromatic carbocycles. The molecule has 1 fully saturated rings. The topological polar surface area (TPSA) is 116 Å². The van der Waals surface area contributed by atoms with Crippen LogP contribution < -0.4 is 10.1 Å². The zero-order valence-electron chi connectivity index (χ0n) is 17.8. The van der Waals surface area contributed by atoms with Crippen molar-refractivity contribution in [3.05, 3.63) is 88.8 Å². The number of ether oxygens (including phenoxy) is 1. The van der Waals surface area contributed by atoms with Crippen LogP contribution in [0.25, 0.3) is 6.08 Å². The maximum absolute atomic E-state index is 12.7. The molecule has 0 atom stereocenters. The number of nitrogens with zero attached hydrogens (tertiary/aromatic N) is 1. The minimum Gasteiger partial charge on any atom is -0.504 e. The Morgan fingerprint density at radius 3 is 2.44 bits per heavy atom. The van der Waals surface area contributed by atoms with E-state index in [0.717, 1.165) is 16.7 Å². The largest absolute Gasteiger partial charge is 0.504 e. The Labute approximate surface area is 199 Å². The lowest BCUT2D eigenvalue weighted by Gasteiger charge is -2.13. The predicted octanol–water partition coefficient (Wildman–Crippen LogP) is 4.35. The van der Waals surface area contributed by atoms with E-state index in [2.05, 4.69) is 5.32 Å². The number of imide groups is 1. The first kappa shape index (κ1) is 22.9. The zero-order chi connectivity index (χ0) is 24.1. The van der Waals surface area contributed by atoms with Crippen LogP contribution in [0.1, 0.15) is 11.1 Å². The van der Waals surface area contributed by atoms with Crippen LogP contribution in [0, 0.1) is 0 Å². The lowest BCUT2D eigenvalue weighted by molar-refractivity contribution is -0.123. The van der Waals surface area contributed by atoms with Crippen LogP contribution in [-0.2, 0) is 16.1 Å². The van der Waals surface area contributed by atoms with E-state index in [-0.39, 0.29) is 41.0 Å². The van der Waals surface area contributed by atoms with E-state index in [1.54, 1.807) is 36.4 Å². The second-order valence-corrected chi connectivity index (χ2v) is 8.32. The van der Waals surface area contributed by atoms with Crippen molar-refractivity contribution in [3.8, 4) is 17.2 Å². The summed E-state index contributed by atoms with van der Waals surface area (Å²) >= 11 is 0.761. The molecule has 0 radical (unpaired) electrons. The Bertz CT molecular complexity index is 1260. The standard InChI is InChI=1S/C25H20N2O6S/c28-20-8-4-5-17(23(20)30)13-21-24(31)27(25(32)34-21)14-16-9-11-18(12-10-16)26-22(29)15-33-19-6-2-1-3-7-19/h1-13,28,30H,14-15H2,(H,26,29)/b21-13-. The van der Waals surface area contributed by atoms with E-state index in [4.69, 9.17) is 4.74 Å². The number of amides is 3. The summed E-state index contributed by atoms with van der Waals surface area (Å²) in [6.45, 7) is -0.0804. The lowest BCUT2D eigenvalue weighted by Crippen LogP contribution is -2.27. The maximum Gasteiger partial charge on any atom is 0.293 e. The van der Waals surface area contributed by atoms with Crippen LogP contribution in [0.4, 0.5) is 10.5 Å². The van der Waals surface area contributed by atoms with Gasteiger partial charge in [0.15, 0.2) is 18.1 Å². The van der Waals surface area contributed by atoms with Crippen LogP contribution in [0.5, 0.6) is 17.2 Å². The molecule has 4 rings (SSSR count). The Morgan fingerprint density at radius 2 is 1.71 bits per heavy atom. The highest BCUT2D eigenvalue weighted by Crippen LogP contribution is 2.36. The third kappa shape index (κ3) is 5.38. The SMILES string of the molecule is O=C(COc1ccccc1)Nc1ccc(CN2C(=O)S/C(=C\c3cccc(O)c3O)C2=O)cc1. The Morgan fingerprint density at radius 1 is 0.971 bits per heavy atom. The summed E-state index contributed by atoms with van der Waals surface area (Å²) in [5, 5.41) is 21.8. The number of anilines is 1. The number of phenolic OH excluding ortho intramolecular Hbond substituents is 2. The summed E-state index contributed by atoms with van der Waals surface area (Å²) in [5.74, 6) is -0.887. The van der Waals surface area contributed by atoms with E-state index in [9.17, 15) is 24.6 Å². The van der Waals surface area contributed by atoms with Gasteiger partial charge >= 0.3 is 0 Å². The fourth-order valence-electron chi connectivity index (χ4n) is 3.18. The van der Waals surface area contributed by atoms with Crippen molar-refractivity contribution in [3.63, 3.8) is 0 Å². The summed E-state index contributed by atoms with van der Waals surface area (Å²) in [6.07, 6.45) is 1.37. The molecule has 0 aliphatic carbocycles. The van der Waals surface area contributed by atoms with Gasteiger partial charge in [-0.3, -0.25) is 19.3 Å². The molecule has 34 heavy (non-hydrogen) atoms. The summed E-state index contributed by atoms with van der Waals surface area (Å²) in [4.78, 5) is 38.4. The second kappa shape index (κ2) is 10.1. The number of hydrogen-bond acceptors (Lipinski definition) is 7. The number of hydrogen-bond donors (Lipinski definition) is 3. The quantitative estimate of drug-likeness (QED) is 0.343. The van der Waals surface area contributed by atoms with Gasteiger partial charge in [-0.2, -0.15) is 0 Å². The van der Waals surface area contributed by atoms with Gasteiger partial charge in [0, 0.05) is 11.3 Å². The van der Waals surface area contributed by atoms with E-state index in [1.807, 2.05) is 18.2 Å². The van der Waals surface area contributed by atoms with Gasteiger partial charge in [-0.05, 0) is 53.7 Å². The summed E-state index contributed by atoms with van der Waals surface area (Å²) in [7, 11) is 0. The maximum atomic E-state index is 12.7. The zero-order valence-corrected chi connectivity index (χ0v) is 18.6. The van der Waals surface area contributed by atoms with Crippen molar-refractivity contribution >= 4 is 40.6 Å². The summed E-state index contributed by atoms with van der Waals surface area (Å²) in [6, 6.07) is 20.1. The number of thioether (sulfide) groups is 1. The fraction of sp³-hybridized carbons (Fsp3) is 0.0800. The lowest BCUT2D eigenvalue weighted by atomic mass is 10.1. The monoisotopic (exact) mass is 476 g/mol. The third-order valence-corrected chi connectivity index (χ3v) is 5.81. The van der Waals surface area contributed by atoms with Crippen molar-refractivity contribution in [2.75, 3.05) is 11.9 Å². The van der Waals surface area contributed by atoms with Gasteiger partial charge < -0.3 is 20.3 Å². The van der Waals surface area contributed by atoms with Crippen LogP contribution in [-0.4, -0.2) is 38.8 Å². The molecule has 172 valence electrons. The molecule has 0 spiro atoms. The van der Waals surface area contributed by atoms with Crippen molar-refractivity contribution in [1.82, 2.24) is 4.90 Å². The van der Waals surface area contributed by atoms with Crippen molar-refractivity contribution < 1.29 is 29.3 Å².